The molecule has 4 nitrogen and oxygen atoms in total. The summed E-state index contributed by atoms with van der Waals surface area (Å²) in [7, 11) is 0. The topological polar surface area (TPSA) is 46.3 Å². The minimum atomic E-state index is -0.351. The van der Waals surface area contributed by atoms with Crippen LogP contribution in [0.4, 0.5) is 4.39 Å². The standard InChI is InChI=1S/C20H16BrFN2O2/c1-2-9-24(12-16-10-17(21)7-8-18(16)22)20(25)15-5-3-14(4-6-15)19-11-23-13-26-19/h2-8,10-11,13H,1,9,12H2. The fourth-order valence-electron chi connectivity index (χ4n) is 2.56. The van der Waals surface area contributed by atoms with Crippen LogP contribution in [-0.4, -0.2) is 22.3 Å². The van der Waals surface area contributed by atoms with E-state index < -0.39 is 0 Å². The number of nitrogens with zero attached hydrogens (tertiary/aromatic N) is 2. The zero-order valence-corrected chi connectivity index (χ0v) is 15.4. The molecule has 0 radical (unpaired) electrons. The third-order valence-corrected chi connectivity index (χ3v) is 4.35. The van der Waals surface area contributed by atoms with E-state index in [1.54, 1.807) is 53.6 Å². The second-order valence-electron chi connectivity index (χ2n) is 5.65. The summed E-state index contributed by atoms with van der Waals surface area (Å²) in [6, 6.07) is 11.7. The first-order chi connectivity index (χ1) is 12.6. The third kappa shape index (κ3) is 4.08. The molecule has 3 aromatic rings. The Hall–Kier alpha value is -2.73. The van der Waals surface area contributed by atoms with Gasteiger partial charge in [0, 0.05) is 34.3 Å². The van der Waals surface area contributed by atoms with E-state index in [2.05, 4.69) is 27.5 Å². The molecule has 0 aliphatic carbocycles. The van der Waals surface area contributed by atoms with Crippen molar-refractivity contribution in [3.63, 3.8) is 0 Å². The molecule has 0 saturated heterocycles. The average molecular weight is 415 g/mol. The molecule has 1 heterocycles. The van der Waals surface area contributed by atoms with Crippen LogP contribution >= 0.6 is 15.9 Å². The molecule has 0 N–H and O–H groups in total. The van der Waals surface area contributed by atoms with Crippen LogP contribution < -0.4 is 0 Å². The van der Waals surface area contributed by atoms with Gasteiger partial charge in [0.2, 0.25) is 0 Å². The lowest BCUT2D eigenvalue weighted by atomic mass is 10.1. The van der Waals surface area contributed by atoms with E-state index in [4.69, 9.17) is 4.42 Å². The lowest BCUT2D eigenvalue weighted by molar-refractivity contribution is 0.0761. The fraction of sp³-hybridized carbons (Fsp3) is 0.100. The number of hydrogen-bond acceptors (Lipinski definition) is 3. The minimum absolute atomic E-state index is 0.153. The number of amides is 1. The van der Waals surface area contributed by atoms with Crippen molar-refractivity contribution in [1.82, 2.24) is 9.88 Å². The highest BCUT2D eigenvalue weighted by Crippen LogP contribution is 2.21. The maximum Gasteiger partial charge on any atom is 0.254 e. The van der Waals surface area contributed by atoms with E-state index in [1.807, 2.05) is 0 Å². The van der Waals surface area contributed by atoms with Crippen LogP contribution in [0.3, 0.4) is 0 Å². The summed E-state index contributed by atoms with van der Waals surface area (Å²) < 4.78 is 20.0. The lowest BCUT2D eigenvalue weighted by Gasteiger charge is -2.22. The molecule has 0 bridgehead atoms. The maximum absolute atomic E-state index is 14.0. The van der Waals surface area contributed by atoms with Crippen molar-refractivity contribution in [3.8, 4) is 11.3 Å². The van der Waals surface area contributed by atoms with Crippen LogP contribution in [0.1, 0.15) is 15.9 Å². The molecule has 0 spiro atoms. The van der Waals surface area contributed by atoms with Gasteiger partial charge in [0.1, 0.15) is 5.82 Å². The fourth-order valence-corrected chi connectivity index (χ4v) is 2.97. The van der Waals surface area contributed by atoms with Gasteiger partial charge in [-0.3, -0.25) is 4.79 Å². The predicted octanol–water partition coefficient (Wildman–Crippen LogP) is 5.07. The number of halogens is 2. The Bertz CT molecular complexity index is 908. The van der Waals surface area contributed by atoms with Crippen molar-refractivity contribution in [1.29, 1.82) is 0 Å². The Balaban J connectivity index is 1.82. The quantitative estimate of drug-likeness (QED) is 0.528. The summed E-state index contributed by atoms with van der Waals surface area (Å²) in [5.74, 6) is 0.0762. The molecule has 1 aromatic heterocycles. The van der Waals surface area contributed by atoms with Crippen molar-refractivity contribution in [3.05, 3.63) is 89.1 Å². The van der Waals surface area contributed by atoms with Crippen LogP contribution in [0.25, 0.3) is 11.3 Å². The van der Waals surface area contributed by atoms with E-state index in [9.17, 15) is 9.18 Å². The highest BCUT2D eigenvalue weighted by atomic mass is 79.9. The molecule has 0 aliphatic rings. The van der Waals surface area contributed by atoms with Gasteiger partial charge in [-0.05, 0) is 30.3 Å². The van der Waals surface area contributed by atoms with Gasteiger partial charge in [0.15, 0.2) is 12.2 Å². The van der Waals surface area contributed by atoms with Gasteiger partial charge >= 0.3 is 0 Å². The second-order valence-corrected chi connectivity index (χ2v) is 6.57. The van der Waals surface area contributed by atoms with Crippen LogP contribution in [0.15, 0.2) is 76.6 Å². The Kier molecular flexibility index (Phi) is 5.63. The molecule has 0 aliphatic heterocycles. The van der Waals surface area contributed by atoms with Crippen LogP contribution in [0.5, 0.6) is 0 Å². The summed E-state index contributed by atoms with van der Waals surface area (Å²) in [6.07, 6.45) is 4.58. The Morgan fingerprint density at radius 1 is 1.27 bits per heavy atom. The first kappa shape index (κ1) is 18.1. The summed E-state index contributed by atoms with van der Waals surface area (Å²) in [4.78, 5) is 18.3. The Labute approximate surface area is 159 Å². The Morgan fingerprint density at radius 3 is 2.69 bits per heavy atom. The molecule has 0 unspecified atom stereocenters. The number of aromatic nitrogens is 1. The highest BCUT2D eigenvalue weighted by Gasteiger charge is 2.17. The maximum atomic E-state index is 14.0. The smallest absolute Gasteiger partial charge is 0.254 e. The van der Waals surface area contributed by atoms with Crippen LogP contribution in [0, 0.1) is 5.82 Å². The van der Waals surface area contributed by atoms with Crippen molar-refractivity contribution < 1.29 is 13.6 Å². The number of hydrogen-bond donors (Lipinski definition) is 0. The third-order valence-electron chi connectivity index (χ3n) is 3.85. The number of benzene rings is 2. The normalized spacial score (nSPS) is 10.5. The van der Waals surface area contributed by atoms with E-state index in [0.717, 1.165) is 10.0 Å². The summed E-state index contributed by atoms with van der Waals surface area (Å²) >= 11 is 3.33. The van der Waals surface area contributed by atoms with Gasteiger partial charge in [-0.15, -0.1) is 6.58 Å². The highest BCUT2D eigenvalue weighted by molar-refractivity contribution is 9.10. The number of carbonyl (C=O) groups is 1. The molecule has 0 saturated carbocycles. The molecule has 1 amide bonds. The molecule has 132 valence electrons. The summed E-state index contributed by atoms with van der Waals surface area (Å²) in [5, 5.41) is 0. The van der Waals surface area contributed by atoms with Crippen molar-refractivity contribution in [2.24, 2.45) is 0 Å². The van der Waals surface area contributed by atoms with E-state index in [0.29, 0.717) is 23.4 Å². The first-order valence-corrected chi connectivity index (χ1v) is 8.71. The minimum Gasteiger partial charge on any atom is -0.444 e. The van der Waals surface area contributed by atoms with Gasteiger partial charge in [-0.1, -0.05) is 34.1 Å². The van der Waals surface area contributed by atoms with Crippen molar-refractivity contribution >= 4 is 21.8 Å². The number of carbonyl (C=O) groups excluding carboxylic acids is 1. The SMILES string of the molecule is C=CCN(Cc1cc(Br)ccc1F)C(=O)c1ccc(-c2cnco2)cc1. The van der Waals surface area contributed by atoms with E-state index >= 15 is 0 Å². The van der Waals surface area contributed by atoms with Gasteiger partial charge in [0.05, 0.1) is 6.20 Å². The predicted molar refractivity (Wildman–Crippen MR) is 101 cm³/mol. The van der Waals surface area contributed by atoms with Crippen molar-refractivity contribution in [2.75, 3.05) is 6.54 Å². The molecule has 3 rings (SSSR count). The molecule has 0 atom stereocenters. The lowest BCUT2D eigenvalue weighted by Crippen LogP contribution is -2.31. The van der Waals surface area contributed by atoms with Gasteiger partial charge in [0.25, 0.3) is 5.91 Å². The second kappa shape index (κ2) is 8.10. The van der Waals surface area contributed by atoms with Gasteiger partial charge in [-0.2, -0.15) is 0 Å². The van der Waals surface area contributed by atoms with Crippen LogP contribution in [-0.2, 0) is 6.54 Å². The zero-order valence-electron chi connectivity index (χ0n) is 13.9. The summed E-state index contributed by atoms with van der Waals surface area (Å²) in [5.41, 5.74) is 1.77. The summed E-state index contributed by atoms with van der Waals surface area (Å²) in [6.45, 7) is 4.16. The molecule has 26 heavy (non-hydrogen) atoms. The molecular formula is C20H16BrFN2O2. The van der Waals surface area contributed by atoms with E-state index in [1.165, 1.54) is 12.5 Å². The molecule has 2 aromatic carbocycles. The monoisotopic (exact) mass is 414 g/mol. The Morgan fingerprint density at radius 2 is 2.04 bits per heavy atom. The van der Waals surface area contributed by atoms with E-state index in [-0.39, 0.29) is 18.3 Å². The average Bonchev–Trinajstić information content (AvgIpc) is 3.18. The number of rotatable bonds is 6. The van der Waals surface area contributed by atoms with Crippen molar-refractivity contribution in [2.45, 2.75) is 6.54 Å². The first-order valence-electron chi connectivity index (χ1n) is 7.91. The molecule has 6 heteroatoms. The zero-order chi connectivity index (χ0) is 18.5. The molecular weight excluding hydrogens is 399 g/mol. The van der Waals surface area contributed by atoms with Crippen LogP contribution in [0.2, 0.25) is 0 Å². The van der Waals surface area contributed by atoms with Gasteiger partial charge < -0.3 is 9.32 Å². The largest absolute Gasteiger partial charge is 0.444 e. The molecule has 0 fully saturated rings. The number of oxazole rings is 1. The van der Waals surface area contributed by atoms with Gasteiger partial charge in [-0.25, -0.2) is 9.37 Å².